The molecule has 1 amide bonds. The number of hydrogen-bond acceptors (Lipinski definition) is 6. The molecule has 5 rings (SSSR count). The summed E-state index contributed by atoms with van der Waals surface area (Å²) < 4.78 is 34.3. The Morgan fingerprint density at radius 3 is 2.49 bits per heavy atom. The van der Waals surface area contributed by atoms with Crippen LogP contribution in [0, 0.1) is 17.0 Å². The number of carbonyl (C=O) groups is 1. The molecule has 178 valence electrons. The minimum absolute atomic E-state index is 0.142. The van der Waals surface area contributed by atoms with Gasteiger partial charge in [0.05, 0.1) is 15.5 Å². The van der Waals surface area contributed by atoms with Crippen LogP contribution in [0.2, 0.25) is 0 Å². The van der Waals surface area contributed by atoms with E-state index in [1.54, 1.807) is 36.4 Å². The SMILES string of the molecule is Cc1ccc(C(=O)N(c2ccc3oc4c(c3c2)CCCC4)S(=O)(=O)c2cccc([N+](=O)[O-])c2)cc1. The monoisotopic (exact) mass is 490 g/mol. The summed E-state index contributed by atoms with van der Waals surface area (Å²) in [5.41, 5.74) is 2.52. The smallest absolute Gasteiger partial charge is 0.272 e. The Hall–Kier alpha value is -3.98. The second kappa shape index (κ2) is 8.66. The molecule has 4 aromatic rings. The van der Waals surface area contributed by atoms with Gasteiger partial charge in [0.15, 0.2) is 0 Å². The Balaban J connectivity index is 1.70. The zero-order valence-corrected chi connectivity index (χ0v) is 19.7. The van der Waals surface area contributed by atoms with Crippen LogP contribution in [0.3, 0.4) is 0 Å². The van der Waals surface area contributed by atoms with Crippen molar-refractivity contribution in [3.05, 3.63) is 99.3 Å². The fraction of sp³-hybridized carbons (Fsp3) is 0.192. The summed E-state index contributed by atoms with van der Waals surface area (Å²) in [6.07, 6.45) is 3.66. The van der Waals surface area contributed by atoms with E-state index in [1.165, 1.54) is 24.3 Å². The van der Waals surface area contributed by atoms with Gasteiger partial charge in [-0.2, -0.15) is 4.31 Å². The third-order valence-corrected chi connectivity index (χ3v) is 7.93. The molecular formula is C26H22N2O6S. The Morgan fingerprint density at radius 1 is 1.00 bits per heavy atom. The number of sulfonamides is 1. The van der Waals surface area contributed by atoms with Gasteiger partial charge in [-0.3, -0.25) is 14.9 Å². The number of nitro groups is 1. The first-order valence-corrected chi connectivity index (χ1v) is 12.6. The molecule has 9 heteroatoms. The number of aryl methyl sites for hydroxylation is 3. The summed E-state index contributed by atoms with van der Waals surface area (Å²) in [5.74, 6) is 0.134. The minimum atomic E-state index is -4.49. The van der Waals surface area contributed by atoms with Gasteiger partial charge in [0.2, 0.25) is 0 Å². The van der Waals surface area contributed by atoms with Crippen molar-refractivity contribution in [2.45, 2.75) is 37.5 Å². The lowest BCUT2D eigenvalue weighted by Gasteiger charge is -2.23. The molecule has 1 aromatic heterocycles. The van der Waals surface area contributed by atoms with E-state index < -0.39 is 20.9 Å². The predicted octanol–water partition coefficient (Wildman–Crippen LogP) is 5.56. The molecule has 0 aliphatic heterocycles. The largest absolute Gasteiger partial charge is 0.461 e. The van der Waals surface area contributed by atoms with Crippen molar-refractivity contribution < 1.29 is 22.6 Å². The van der Waals surface area contributed by atoms with E-state index in [0.29, 0.717) is 5.58 Å². The fourth-order valence-electron chi connectivity index (χ4n) is 4.42. The molecule has 0 saturated carbocycles. The molecule has 0 spiro atoms. The number of carbonyl (C=O) groups excluding carboxylic acids is 1. The van der Waals surface area contributed by atoms with Crippen LogP contribution < -0.4 is 4.31 Å². The van der Waals surface area contributed by atoms with E-state index in [9.17, 15) is 23.3 Å². The van der Waals surface area contributed by atoms with E-state index in [1.807, 2.05) is 6.92 Å². The number of anilines is 1. The maximum absolute atomic E-state index is 13.8. The Bertz CT molecular complexity index is 1570. The highest BCUT2D eigenvalue weighted by atomic mass is 32.2. The van der Waals surface area contributed by atoms with Crippen LogP contribution in [0.5, 0.6) is 0 Å². The van der Waals surface area contributed by atoms with Crippen LogP contribution >= 0.6 is 0 Å². The van der Waals surface area contributed by atoms with Crippen LogP contribution in [0.15, 0.2) is 76.0 Å². The Labute approximate surface area is 202 Å². The van der Waals surface area contributed by atoms with Crippen molar-refractivity contribution in [3.8, 4) is 0 Å². The molecule has 1 heterocycles. The fourth-order valence-corrected chi connectivity index (χ4v) is 5.86. The van der Waals surface area contributed by atoms with Crippen molar-refractivity contribution in [2.75, 3.05) is 4.31 Å². The number of furan rings is 1. The predicted molar refractivity (Wildman–Crippen MR) is 131 cm³/mol. The van der Waals surface area contributed by atoms with Gasteiger partial charge in [-0.1, -0.05) is 23.8 Å². The zero-order valence-electron chi connectivity index (χ0n) is 18.9. The van der Waals surface area contributed by atoms with E-state index >= 15 is 0 Å². The van der Waals surface area contributed by atoms with Crippen molar-refractivity contribution in [1.29, 1.82) is 0 Å². The number of non-ortho nitro benzene ring substituents is 1. The molecule has 1 aliphatic carbocycles. The van der Waals surface area contributed by atoms with Gasteiger partial charge < -0.3 is 4.42 Å². The number of nitrogens with zero attached hydrogens (tertiary/aromatic N) is 2. The lowest BCUT2D eigenvalue weighted by Crippen LogP contribution is -2.37. The van der Waals surface area contributed by atoms with Gasteiger partial charge in [0, 0.05) is 35.1 Å². The molecule has 8 nitrogen and oxygen atoms in total. The maximum atomic E-state index is 13.8. The molecule has 0 fully saturated rings. The normalized spacial score (nSPS) is 13.4. The Kier molecular flexibility index (Phi) is 5.64. The van der Waals surface area contributed by atoms with Crippen LogP contribution in [-0.4, -0.2) is 19.2 Å². The summed E-state index contributed by atoms with van der Waals surface area (Å²) in [7, 11) is -4.49. The summed E-state index contributed by atoms with van der Waals surface area (Å²) in [4.78, 5) is 23.9. The molecule has 35 heavy (non-hydrogen) atoms. The summed E-state index contributed by atoms with van der Waals surface area (Å²) in [6.45, 7) is 1.86. The number of hydrogen-bond donors (Lipinski definition) is 0. The van der Waals surface area contributed by atoms with Gasteiger partial charge in [0.25, 0.3) is 21.6 Å². The van der Waals surface area contributed by atoms with Crippen LogP contribution in [0.25, 0.3) is 11.0 Å². The number of amides is 1. The van der Waals surface area contributed by atoms with Crippen LogP contribution in [-0.2, 0) is 22.9 Å². The molecule has 3 aromatic carbocycles. The molecule has 0 bridgehead atoms. The van der Waals surface area contributed by atoms with E-state index in [0.717, 1.165) is 58.3 Å². The molecule has 0 unspecified atom stereocenters. The highest BCUT2D eigenvalue weighted by molar-refractivity contribution is 7.93. The van der Waals surface area contributed by atoms with Crippen molar-refractivity contribution in [3.63, 3.8) is 0 Å². The average Bonchev–Trinajstić information content (AvgIpc) is 3.22. The average molecular weight is 491 g/mol. The van der Waals surface area contributed by atoms with Gasteiger partial charge >= 0.3 is 0 Å². The standard InChI is InChI=1S/C26H22N2O6S/c1-17-9-11-18(12-10-17)26(29)27(35(32,33)21-6-4-5-20(15-21)28(30)31)19-13-14-25-23(16-19)22-7-2-3-8-24(22)34-25/h4-6,9-16H,2-3,7-8H2,1H3. The molecule has 0 atom stereocenters. The van der Waals surface area contributed by atoms with E-state index in [-0.39, 0.29) is 21.8 Å². The van der Waals surface area contributed by atoms with Gasteiger partial charge in [-0.15, -0.1) is 0 Å². The first kappa shape index (κ1) is 22.8. The number of fused-ring (bicyclic) bond motifs is 3. The molecule has 0 N–H and O–H groups in total. The highest BCUT2D eigenvalue weighted by Gasteiger charge is 2.33. The number of rotatable bonds is 5. The van der Waals surface area contributed by atoms with Crippen molar-refractivity contribution in [2.24, 2.45) is 0 Å². The van der Waals surface area contributed by atoms with Gasteiger partial charge in [0.1, 0.15) is 11.3 Å². The number of benzene rings is 3. The number of nitro benzene ring substituents is 1. The van der Waals surface area contributed by atoms with E-state index in [2.05, 4.69) is 0 Å². The summed E-state index contributed by atoms with van der Waals surface area (Å²) in [5, 5.41) is 12.1. The highest BCUT2D eigenvalue weighted by Crippen LogP contribution is 2.36. The van der Waals surface area contributed by atoms with Crippen molar-refractivity contribution in [1.82, 2.24) is 0 Å². The van der Waals surface area contributed by atoms with Gasteiger partial charge in [-0.25, -0.2) is 8.42 Å². The van der Waals surface area contributed by atoms with Crippen LogP contribution in [0.1, 0.15) is 40.1 Å². The van der Waals surface area contributed by atoms with E-state index in [4.69, 9.17) is 4.42 Å². The minimum Gasteiger partial charge on any atom is -0.461 e. The molecular weight excluding hydrogens is 468 g/mol. The lowest BCUT2D eigenvalue weighted by atomic mass is 9.96. The third-order valence-electron chi connectivity index (χ3n) is 6.22. The second-order valence-corrected chi connectivity index (χ2v) is 10.4. The summed E-state index contributed by atoms with van der Waals surface area (Å²) in [6, 6.07) is 16.1. The maximum Gasteiger partial charge on any atom is 0.272 e. The Morgan fingerprint density at radius 2 is 1.74 bits per heavy atom. The third kappa shape index (κ3) is 4.08. The van der Waals surface area contributed by atoms with Gasteiger partial charge in [-0.05, 0) is 62.6 Å². The quantitative estimate of drug-likeness (QED) is 0.267. The molecule has 0 saturated heterocycles. The topological polar surface area (TPSA) is 111 Å². The molecule has 1 aliphatic rings. The first-order valence-electron chi connectivity index (χ1n) is 11.2. The second-order valence-electron chi connectivity index (χ2n) is 8.59. The van der Waals surface area contributed by atoms with Crippen molar-refractivity contribution >= 4 is 38.3 Å². The zero-order chi connectivity index (χ0) is 24.7. The first-order chi connectivity index (χ1) is 16.8. The lowest BCUT2D eigenvalue weighted by molar-refractivity contribution is -0.385. The van der Waals surface area contributed by atoms with Crippen LogP contribution in [0.4, 0.5) is 11.4 Å². The molecule has 0 radical (unpaired) electrons. The summed E-state index contributed by atoms with van der Waals surface area (Å²) >= 11 is 0.